The molecule has 0 bridgehead atoms. The van der Waals surface area contributed by atoms with Gasteiger partial charge in [0.05, 0.1) is 17.8 Å². The lowest BCUT2D eigenvalue weighted by atomic mass is 10.0. The fourth-order valence-corrected chi connectivity index (χ4v) is 3.03. The third kappa shape index (κ3) is 3.80. The van der Waals surface area contributed by atoms with Gasteiger partial charge in [0.2, 0.25) is 0 Å². The van der Waals surface area contributed by atoms with Crippen LogP contribution in [0.15, 0.2) is 73.1 Å². The van der Waals surface area contributed by atoms with Crippen molar-refractivity contribution in [2.24, 2.45) is 0 Å². The van der Waals surface area contributed by atoms with Gasteiger partial charge in [-0.3, -0.25) is 0 Å². The Bertz CT molecular complexity index is 1020. The molecule has 6 nitrogen and oxygen atoms in total. The predicted molar refractivity (Wildman–Crippen MR) is 105 cm³/mol. The van der Waals surface area contributed by atoms with Gasteiger partial charge in [-0.25, -0.2) is 4.98 Å². The number of aliphatic hydroxyl groups is 1. The molecule has 0 fully saturated rings. The van der Waals surface area contributed by atoms with Gasteiger partial charge in [0.1, 0.15) is 12.1 Å². The summed E-state index contributed by atoms with van der Waals surface area (Å²) in [6, 6.07) is 21.7. The normalized spacial score (nSPS) is 13.4. The van der Waals surface area contributed by atoms with E-state index in [4.69, 9.17) is 0 Å². The number of nitrogens with zero attached hydrogens (tertiary/aromatic N) is 4. The molecule has 2 aromatic carbocycles. The molecule has 0 amide bonds. The molecule has 6 heteroatoms. The molecular formula is C21H21N5O. The van der Waals surface area contributed by atoms with E-state index >= 15 is 0 Å². The van der Waals surface area contributed by atoms with Crippen LogP contribution in [-0.4, -0.2) is 36.8 Å². The molecular weight excluding hydrogens is 338 g/mol. The van der Waals surface area contributed by atoms with E-state index in [9.17, 15) is 5.11 Å². The largest absolute Gasteiger partial charge is 0.391 e. The summed E-state index contributed by atoms with van der Waals surface area (Å²) in [7, 11) is 0. The summed E-state index contributed by atoms with van der Waals surface area (Å²) >= 11 is 0. The molecule has 2 aromatic heterocycles. The Balaban J connectivity index is 1.60. The smallest absolute Gasteiger partial charge is 0.254 e. The Morgan fingerprint density at radius 2 is 1.74 bits per heavy atom. The number of rotatable bonds is 6. The summed E-state index contributed by atoms with van der Waals surface area (Å²) < 4.78 is 1.65. The van der Waals surface area contributed by atoms with Crippen LogP contribution < -0.4 is 5.32 Å². The summed E-state index contributed by atoms with van der Waals surface area (Å²) in [5, 5.41) is 18.2. The van der Waals surface area contributed by atoms with E-state index in [1.807, 2.05) is 73.7 Å². The topological polar surface area (TPSA) is 75.3 Å². The maximum Gasteiger partial charge on any atom is 0.254 e. The average Bonchev–Trinajstić information content (AvgIpc) is 3.18. The van der Waals surface area contributed by atoms with Crippen LogP contribution in [0.4, 0.5) is 5.82 Å². The number of anilines is 1. The highest BCUT2D eigenvalue weighted by atomic mass is 16.3. The molecule has 0 aliphatic rings. The van der Waals surface area contributed by atoms with E-state index in [-0.39, 0.29) is 6.04 Å². The maximum atomic E-state index is 10.6. The second-order valence-corrected chi connectivity index (χ2v) is 6.55. The first-order valence-corrected chi connectivity index (χ1v) is 8.95. The Morgan fingerprint density at radius 1 is 1.04 bits per heavy atom. The summed E-state index contributed by atoms with van der Waals surface area (Å²) in [5.41, 5.74) is 2.91. The molecule has 2 N–H and O–H groups in total. The van der Waals surface area contributed by atoms with Crippen LogP contribution in [-0.2, 0) is 6.42 Å². The molecule has 4 aromatic rings. The summed E-state index contributed by atoms with van der Waals surface area (Å²) in [6.07, 6.45) is 1.51. The van der Waals surface area contributed by atoms with Crippen molar-refractivity contribution in [1.82, 2.24) is 19.6 Å². The van der Waals surface area contributed by atoms with Crippen molar-refractivity contribution >= 4 is 11.6 Å². The van der Waals surface area contributed by atoms with Crippen LogP contribution >= 0.6 is 0 Å². The van der Waals surface area contributed by atoms with Crippen molar-refractivity contribution < 1.29 is 5.11 Å². The minimum Gasteiger partial charge on any atom is -0.391 e. The number of aliphatic hydroxyl groups excluding tert-OH is 1. The molecule has 0 spiro atoms. The molecule has 4 rings (SSSR count). The lowest BCUT2D eigenvalue weighted by Crippen LogP contribution is -2.33. The van der Waals surface area contributed by atoms with E-state index in [1.54, 1.807) is 4.52 Å². The summed E-state index contributed by atoms with van der Waals surface area (Å²) in [6.45, 7) is 1.96. The second-order valence-electron chi connectivity index (χ2n) is 6.55. The van der Waals surface area contributed by atoms with Gasteiger partial charge in [0.15, 0.2) is 0 Å². The van der Waals surface area contributed by atoms with Crippen molar-refractivity contribution in [2.45, 2.75) is 25.5 Å². The Kier molecular flexibility index (Phi) is 4.80. The van der Waals surface area contributed by atoms with Crippen LogP contribution in [0.3, 0.4) is 0 Å². The van der Waals surface area contributed by atoms with Crippen molar-refractivity contribution in [3.63, 3.8) is 0 Å². The number of fused-ring (bicyclic) bond motifs is 1. The van der Waals surface area contributed by atoms with Gasteiger partial charge in [-0.1, -0.05) is 60.7 Å². The molecule has 0 radical (unpaired) electrons. The van der Waals surface area contributed by atoms with Crippen molar-refractivity contribution in [1.29, 1.82) is 0 Å². The quantitative estimate of drug-likeness (QED) is 0.553. The van der Waals surface area contributed by atoms with Gasteiger partial charge >= 0.3 is 0 Å². The Hall–Kier alpha value is -3.25. The monoisotopic (exact) mass is 359 g/mol. The fraction of sp³-hybridized carbons (Fsp3) is 0.190. The fourth-order valence-electron chi connectivity index (χ4n) is 3.03. The van der Waals surface area contributed by atoms with E-state index in [1.165, 1.54) is 6.33 Å². The molecule has 0 aliphatic carbocycles. The zero-order valence-electron chi connectivity index (χ0n) is 15.0. The number of hydrogen-bond donors (Lipinski definition) is 2. The summed E-state index contributed by atoms with van der Waals surface area (Å²) in [5.74, 6) is 1.26. The van der Waals surface area contributed by atoms with E-state index in [2.05, 4.69) is 20.4 Å². The third-order valence-corrected chi connectivity index (χ3v) is 4.56. The molecule has 2 unspecified atom stereocenters. The number of nitrogens with one attached hydrogen (secondary N) is 1. The lowest BCUT2D eigenvalue weighted by molar-refractivity contribution is 0.158. The molecule has 0 aliphatic heterocycles. The molecule has 0 saturated carbocycles. The first-order valence-electron chi connectivity index (χ1n) is 8.95. The van der Waals surface area contributed by atoms with Gasteiger partial charge < -0.3 is 10.4 Å². The predicted octanol–water partition coefficient (Wildman–Crippen LogP) is 3.20. The molecule has 2 atom stereocenters. The van der Waals surface area contributed by atoms with Gasteiger partial charge in [0, 0.05) is 18.1 Å². The highest BCUT2D eigenvalue weighted by molar-refractivity contribution is 5.65. The van der Waals surface area contributed by atoms with Gasteiger partial charge in [-0.15, -0.1) is 0 Å². The Morgan fingerprint density at radius 3 is 2.48 bits per heavy atom. The van der Waals surface area contributed by atoms with E-state index in [0.717, 1.165) is 22.6 Å². The minimum absolute atomic E-state index is 0.177. The SMILES string of the molecule is CC(Nc1cc(-c2ccccc2)nc2ncnn12)C(O)Cc1ccccc1. The molecule has 2 heterocycles. The highest BCUT2D eigenvalue weighted by Crippen LogP contribution is 2.22. The van der Waals surface area contributed by atoms with Gasteiger partial charge in [0.25, 0.3) is 5.78 Å². The molecule has 27 heavy (non-hydrogen) atoms. The number of benzene rings is 2. The standard InChI is InChI=1S/C21H21N5O/c1-15(19(27)12-16-8-4-2-5-9-16)24-20-13-18(17-10-6-3-7-11-17)25-21-22-14-23-26(20)21/h2-11,13-15,19,24,27H,12H2,1H3. The van der Waals surface area contributed by atoms with Crippen molar-refractivity contribution in [3.05, 3.63) is 78.6 Å². The van der Waals surface area contributed by atoms with Crippen molar-refractivity contribution in [2.75, 3.05) is 5.32 Å². The second kappa shape index (κ2) is 7.55. The minimum atomic E-state index is -0.542. The van der Waals surface area contributed by atoms with Crippen LogP contribution in [0, 0.1) is 0 Å². The third-order valence-electron chi connectivity index (χ3n) is 4.56. The first kappa shape index (κ1) is 17.2. The molecule has 0 saturated heterocycles. The van der Waals surface area contributed by atoms with Crippen LogP contribution in [0.25, 0.3) is 17.0 Å². The van der Waals surface area contributed by atoms with Crippen molar-refractivity contribution in [3.8, 4) is 11.3 Å². The number of aromatic nitrogens is 4. The van der Waals surface area contributed by atoms with Crippen LogP contribution in [0.1, 0.15) is 12.5 Å². The van der Waals surface area contributed by atoms with E-state index < -0.39 is 6.10 Å². The average molecular weight is 359 g/mol. The van der Waals surface area contributed by atoms with Gasteiger partial charge in [-0.05, 0) is 12.5 Å². The lowest BCUT2D eigenvalue weighted by Gasteiger charge is -2.22. The Labute approximate surface area is 157 Å². The summed E-state index contributed by atoms with van der Waals surface area (Å²) in [4.78, 5) is 8.80. The maximum absolute atomic E-state index is 10.6. The zero-order chi connectivity index (χ0) is 18.6. The highest BCUT2D eigenvalue weighted by Gasteiger charge is 2.17. The first-order chi connectivity index (χ1) is 13.2. The number of hydrogen-bond acceptors (Lipinski definition) is 5. The van der Waals surface area contributed by atoms with Gasteiger partial charge in [-0.2, -0.15) is 14.6 Å². The zero-order valence-corrected chi connectivity index (χ0v) is 15.0. The molecule has 136 valence electrons. The van der Waals surface area contributed by atoms with Crippen LogP contribution in [0.5, 0.6) is 0 Å². The van der Waals surface area contributed by atoms with E-state index in [0.29, 0.717) is 12.2 Å². The van der Waals surface area contributed by atoms with Crippen LogP contribution in [0.2, 0.25) is 0 Å².